The molecule has 2 saturated heterocycles. The van der Waals surface area contributed by atoms with Gasteiger partial charge in [-0.15, -0.1) is 12.4 Å². The molecule has 2 amide bonds. The third-order valence-corrected chi connectivity index (χ3v) is 5.29. The third-order valence-electron chi connectivity index (χ3n) is 5.06. The molecule has 144 valence electrons. The average Bonchev–Trinajstić information content (AvgIpc) is 3.15. The van der Waals surface area contributed by atoms with Crippen molar-refractivity contribution in [3.63, 3.8) is 0 Å². The molecule has 2 atom stereocenters. The number of rotatable bonds is 5. The Morgan fingerprint density at radius 3 is 2.85 bits per heavy atom. The van der Waals surface area contributed by atoms with Gasteiger partial charge in [-0.2, -0.15) is 0 Å². The number of benzene rings is 1. The fraction of sp³-hybridized carbons (Fsp3) is 0.579. The van der Waals surface area contributed by atoms with Crippen LogP contribution in [0.5, 0.6) is 0 Å². The summed E-state index contributed by atoms with van der Waals surface area (Å²) in [7, 11) is 0. The number of hydrogen-bond acceptors (Lipinski definition) is 3. The van der Waals surface area contributed by atoms with Crippen LogP contribution in [-0.4, -0.2) is 48.9 Å². The summed E-state index contributed by atoms with van der Waals surface area (Å²) < 4.78 is 0. The smallest absolute Gasteiger partial charge is 0.237 e. The van der Waals surface area contributed by atoms with Crippen molar-refractivity contribution in [2.75, 3.05) is 26.2 Å². The minimum Gasteiger partial charge on any atom is -0.354 e. The Hall–Kier alpha value is -1.30. The molecule has 2 aliphatic heterocycles. The molecule has 3 rings (SSSR count). The van der Waals surface area contributed by atoms with Gasteiger partial charge in [-0.05, 0) is 55.8 Å². The van der Waals surface area contributed by atoms with Gasteiger partial charge in [0, 0.05) is 24.7 Å². The second-order valence-corrected chi connectivity index (χ2v) is 7.49. The van der Waals surface area contributed by atoms with E-state index in [-0.39, 0.29) is 30.3 Å². The number of amides is 2. The largest absolute Gasteiger partial charge is 0.354 e. The first kappa shape index (κ1) is 21.0. The highest BCUT2D eigenvalue weighted by molar-refractivity contribution is 6.30. The molecule has 2 N–H and O–H groups in total. The SMILES string of the molecule is Cl.O=C(NCC1CCCN(C(=O)Cc2cccc(Cl)c2)C1)C1CCCN1. The number of piperidine rings is 1. The Balaban J connectivity index is 0.00000243. The van der Waals surface area contributed by atoms with E-state index in [2.05, 4.69) is 10.6 Å². The Morgan fingerprint density at radius 1 is 1.27 bits per heavy atom. The van der Waals surface area contributed by atoms with E-state index in [1.165, 1.54) is 0 Å². The van der Waals surface area contributed by atoms with Gasteiger partial charge >= 0.3 is 0 Å². The lowest BCUT2D eigenvalue weighted by Crippen LogP contribution is -2.47. The standard InChI is InChI=1S/C19H26ClN3O2.ClH/c20-16-6-1-4-14(10-16)11-18(24)23-9-3-5-15(13-23)12-22-19(25)17-7-2-8-21-17;/h1,4,6,10,15,17,21H,2-3,5,7-9,11-13H2,(H,22,25);1H. The summed E-state index contributed by atoms with van der Waals surface area (Å²) in [6.07, 6.45) is 4.41. The van der Waals surface area contributed by atoms with Crippen LogP contribution in [-0.2, 0) is 16.0 Å². The molecule has 5 nitrogen and oxygen atoms in total. The van der Waals surface area contributed by atoms with E-state index >= 15 is 0 Å². The third kappa shape index (κ3) is 5.86. The van der Waals surface area contributed by atoms with Gasteiger partial charge in [-0.25, -0.2) is 0 Å². The second kappa shape index (κ2) is 10.1. The number of carbonyl (C=O) groups excluding carboxylic acids is 2. The van der Waals surface area contributed by atoms with Crippen molar-refractivity contribution in [3.05, 3.63) is 34.9 Å². The van der Waals surface area contributed by atoms with E-state index in [1.54, 1.807) is 0 Å². The Morgan fingerprint density at radius 2 is 2.12 bits per heavy atom. The fourth-order valence-electron chi connectivity index (χ4n) is 3.67. The molecule has 0 aromatic heterocycles. The highest BCUT2D eigenvalue weighted by Crippen LogP contribution is 2.18. The highest BCUT2D eigenvalue weighted by Gasteiger charge is 2.26. The number of nitrogens with zero attached hydrogens (tertiary/aromatic N) is 1. The molecule has 7 heteroatoms. The van der Waals surface area contributed by atoms with Crippen molar-refractivity contribution < 1.29 is 9.59 Å². The van der Waals surface area contributed by atoms with Gasteiger partial charge in [0.15, 0.2) is 0 Å². The zero-order chi connectivity index (χ0) is 17.6. The molecule has 1 aromatic carbocycles. The van der Waals surface area contributed by atoms with Crippen molar-refractivity contribution >= 4 is 35.8 Å². The van der Waals surface area contributed by atoms with Gasteiger partial charge in [0.2, 0.25) is 11.8 Å². The maximum absolute atomic E-state index is 12.6. The summed E-state index contributed by atoms with van der Waals surface area (Å²) >= 11 is 5.99. The molecular formula is C19H27Cl2N3O2. The van der Waals surface area contributed by atoms with Gasteiger partial charge in [-0.3, -0.25) is 9.59 Å². The molecule has 0 spiro atoms. The molecule has 2 heterocycles. The van der Waals surface area contributed by atoms with Crippen LogP contribution in [0, 0.1) is 5.92 Å². The molecular weight excluding hydrogens is 373 g/mol. The molecule has 1 aromatic rings. The van der Waals surface area contributed by atoms with E-state index < -0.39 is 0 Å². The first-order valence-corrected chi connectivity index (χ1v) is 9.53. The lowest BCUT2D eigenvalue weighted by atomic mass is 9.97. The van der Waals surface area contributed by atoms with Crippen LogP contribution in [0.1, 0.15) is 31.2 Å². The van der Waals surface area contributed by atoms with Gasteiger partial charge in [-0.1, -0.05) is 23.7 Å². The van der Waals surface area contributed by atoms with Crippen LogP contribution in [0.3, 0.4) is 0 Å². The molecule has 0 saturated carbocycles. The van der Waals surface area contributed by atoms with E-state index in [0.717, 1.165) is 50.9 Å². The maximum atomic E-state index is 12.6. The van der Waals surface area contributed by atoms with Crippen molar-refractivity contribution in [3.8, 4) is 0 Å². The summed E-state index contributed by atoms with van der Waals surface area (Å²) in [6, 6.07) is 7.42. The number of carbonyl (C=O) groups is 2. The normalized spacial score (nSPS) is 22.6. The van der Waals surface area contributed by atoms with E-state index in [9.17, 15) is 9.59 Å². The van der Waals surface area contributed by atoms with Gasteiger partial charge in [0.25, 0.3) is 0 Å². The van der Waals surface area contributed by atoms with Crippen LogP contribution in [0.2, 0.25) is 5.02 Å². The summed E-state index contributed by atoms with van der Waals surface area (Å²) in [5.74, 6) is 0.568. The minimum atomic E-state index is -0.0378. The number of hydrogen-bond donors (Lipinski definition) is 2. The lowest BCUT2D eigenvalue weighted by molar-refractivity contribution is -0.132. The van der Waals surface area contributed by atoms with E-state index in [1.807, 2.05) is 29.2 Å². The zero-order valence-corrected chi connectivity index (χ0v) is 16.5. The van der Waals surface area contributed by atoms with Crippen molar-refractivity contribution in [1.82, 2.24) is 15.5 Å². The highest BCUT2D eigenvalue weighted by atomic mass is 35.5. The van der Waals surface area contributed by atoms with Crippen LogP contribution < -0.4 is 10.6 Å². The Kier molecular flexibility index (Phi) is 8.19. The number of likely N-dealkylation sites (tertiary alicyclic amines) is 1. The van der Waals surface area contributed by atoms with Gasteiger partial charge in [0.1, 0.15) is 0 Å². The summed E-state index contributed by atoms with van der Waals surface area (Å²) in [5.41, 5.74) is 0.945. The molecule has 2 fully saturated rings. The molecule has 0 radical (unpaired) electrons. The van der Waals surface area contributed by atoms with Gasteiger partial charge < -0.3 is 15.5 Å². The molecule has 2 aliphatic rings. The average molecular weight is 400 g/mol. The van der Waals surface area contributed by atoms with Crippen molar-refractivity contribution in [1.29, 1.82) is 0 Å². The topological polar surface area (TPSA) is 61.4 Å². The maximum Gasteiger partial charge on any atom is 0.237 e. The van der Waals surface area contributed by atoms with Gasteiger partial charge in [0.05, 0.1) is 12.5 Å². The number of nitrogens with one attached hydrogen (secondary N) is 2. The summed E-state index contributed by atoms with van der Waals surface area (Å²) in [5, 5.41) is 6.93. The first-order chi connectivity index (χ1) is 12.1. The van der Waals surface area contributed by atoms with E-state index in [4.69, 9.17) is 11.6 Å². The molecule has 0 bridgehead atoms. The number of halogens is 2. The summed E-state index contributed by atoms with van der Waals surface area (Å²) in [4.78, 5) is 26.6. The second-order valence-electron chi connectivity index (χ2n) is 7.05. The van der Waals surface area contributed by atoms with Crippen LogP contribution >= 0.6 is 24.0 Å². The minimum absolute atomic E-state index is 0. The monoisotopic (exact) mass is 399 g/mol. The molecule has 2 unspecified atom stereocenters. The first-order valence-electron chi connectivity index (χ1n) is 9.15. The van der Waals surface area contributed by atoms with Crippen molar-refractivity contribution in [2.45, 2.75) is 38.1 Å². The quantitative estimate of drug-likeness (QED) is 0.798. The Labute approximate surface area is 166 Å². The fourth-order valence-corrected chi connectivity index (χ4v) is 3.88. The predicted octanol–water partition coefficient (Wildman–Crippen LogP) is 2.41. The van der Waals surface area contributed by atoms with Crippen molar-refractivity contribution in [2.24, 2.45) is 5.92 Å². The van der Waals surface area contributed by atoms with Crippen LogP contribution in [0.15, 0.2) is 24.3 Å². The van der Waals surface area contributed by atoms with E-state index in [0.29, 0.717) is 23.9 Å². The predicted molar refractivity (Wildman–Crippen MR) is 106 cm³/mol. The van der Waals surface area contributed by atoms with Crippen LogP contribution in [0.25, 0.3) is 0 Å². The Bertz CT molecular complexity index is 621. The lowest BCUT2D eigenvalue weighted by Gasteiger charge is -2.33. The van der Waals surface area contributed by atoms with Crippen LogP contribution in [0.4, 0.5) is 0 Å². The summed E-state index contributed by atoms with van der Waals surface area (Å²) in [6.45, 7) is 3.09. The molecule has 0 aliphatic carbocycles. The molecule has 26 heavy (non-hydrogen) atoms. The zero-order valence-electron chi connectivity index (χ0n) is 14.9.